The number of benzene rings is 2. The van der Waals surface area contributed by atoms with E-state index in [0.29, 0.717) is 21.2 Å². The molecule has 0 bridgehead atoms. The van der Waals surface area contributed by atoms with Crippen LogP contribution in [0.5, 0.6) is 0 Å². The van der Waals surface area contributed by atoms with Crippen LogP contribution in [0.2, 0.25) is 10.0 Å². The van der Waals surface area contributed by atoms with Gasteiger partial charge >= 0.3 is 10.2 Å². The fourth-order valence-electron chi connectivity index (χ4n) is 1.77. The quantitative estimate of drug-likeness (QED) is 0.829. The third kappa shape index (κ3) is 3.30. The van der Waals surface area contributed by atoms with E-state index in [1.807, 2.05) is 0 Å². The highest BCUT2D eigenvalue weighted by Gasteiger charge is 2.23. The van der Waals surface area contributed by atoms with E-state index in [4.69, 9.17) is 27.9 Å². The molecular weight excluding hydrogens is 347 g/mol. The highest BCUT2D eigenvalue weighted by Crippen LogP contribution is 2.19. The Morgan fingerprint density at radius 2 is 1.09 bits per heavy atom. The molecule has 0 amide bonds. The summed E-state index contributed by atoms with van der Waals surface area (Å²) in [5.74, 6) is -0.117. The molecule has 5 nitrogen and oxygen atoms in total. The maximum Gasteiger partial charge on any atom is 0.369 e. The summed E-state index contributed by atoms with van der Waals surface area (Å²) in [5.41, 5.74) is 0.962. The van der Waals surface area contributed by atoms with Gasteiger partial charge in [-0.3, -0.25) is 0 Å². The number of halogens is 2. The molecule has 0 spiro atoms. The predicted octanol–water partition coefficient (Wildman–Crippen LogP) is 3.46. The van der Waals surface area contributed by atoms with Crippen LogP contribution in [0.3, 0.4) is 0 Å². The second-order valence-electron chi connectivity index (χ2n) is 4.36. The fourth-order valence-corrected chi connectivity index (χ4v) is 2.76. The van der Waals surface area contributed by atoms with Crippen LogP contribution >= 0.6 is 23.2 Å². The van der Waals surface area contributed by atoms with Gasteiger partial charge in [0.15, 0.2) is 0 Å². The number of hydrogen-bond acceptors (Lipinski definition) is 3. The molecule has 1 aliphatic rings. The van der Waals surface area contributed by atoms with Crippen molar-refractivity contribution in [2.24, 2.45) is 8.80 Å². The Morgan fingerprint density at radius 3 is 1.45 bits per heavy atom. The molecule has 22 heavy (non-hydrogen) atoms. The van der Waals surface area contributed by atoms with Crippen LogP contribution in [0.15, 0.2) is 57.3 Å². The highest BCUT2D eigenvalue weighted by atomic mass is 35.5. The molecule has 0 radical (unpaired) electrons. The van der Waals surface area contributed by atoms with E-state index in [-0.39, 0.29) is 11.8 Å². The van der Waals surface area contributed by atoms with Gasteiger partial charge in [-0.25, -0.2) is 0 Å². The molecular formula is C14H8Cl2N2O3S. The van der Waals surface area contributed by atoms with E-state index in [1.165, 1.54) is 0 Å². The van der Waals surface area contributed by atoms with Crippen LogP contribution < -0.4 is 0 Å². The molecule has 0 unspecified atom stereocenters. The smallest absolute Gasteiger partial charge is 0.369 e. The van der Waals surface area contributed by atoms with Gasteiger partial charge in [0, 0.05) is 21.2 Å². The van der Waals surface area contributed by atoms with Crippen molar-refractivity contribution in [2.75, 3.05) is 0 Å². The highest BCUT2D eigenvalue weighted by molar-refractivity contribution is 7.89. The summed E-state index contributed by atoms with van der Waals surface area (Å²) in [5, 5.41) is 1.05. The summed E-state index contributed by atoms with van der Waals surface area (Å²) >= 11 is 11.6. The predicted molar refractivity (Wildman–Crippen MR) is 86.0 cm³/mol. The van der Waals surface area contributed by atoms with Crippen LogP contribution in [0.1, 0.15) is 11.1 Å². The van der Waals surface area contributed by atoms with Gasteiger partial charge in [0.2, 0.25) is 11.8 Å². The average molecular weight is 355 g/mol. The Bertz CT molecular complexity index is 806. The van der Waals surface area contributed by atoms with Gasteiger partial charge in [0.05, 0.1) is 0 Å². The lowest BCUT2D eigenvalue weighted by Gasteiger charge is -2.14. The standard InChI is InChI=1S/C14H8Cl2N2O3S/c15-11-5-1-9(2-6-11)13-17-22(19,20)18-14(21-13)10-3-7-12(16)8-4-10/h1-8H. The zero-order valence-electron chi connectivity index (χ0n) is 10.9. The first kappa shape index (κ1) is 15.0. The minimum Gasteiger partial charge on any atom is -0.418 e. The van der Waals surface area contributed by atoms with Gasteiger partial charge in [-0.05, 0) is 48.5 Å². The monoisotopic (exact) mass is 354 g/mol. The summed E-state index contributed by atoms with van der Waals surface area (Å²) < 4.78 is 36.2. The molecule has 0 saturated heterocycles. The first-order valence-corrected chi connectivity index (χ1v) is 8.23. The Kier molecular flexibility index (Phi) is 3.90. The summed E-state index contributed by atoms with van der Waals surface area (Å²) in [6.07, 6.45) is 0. The van der Waals surface area contributed by atoms with E-state index in [2.05, 4.69) is 8.80 Å². The van der Waals surface area contributed by atoms with Crippen molar-refractivity contribution >= 4 is 45.2 Å². The molecule has 0 fully saturated rings. The topological polar surface area (TPSA) is 68.1 Å². The fraction of sp³-hybridized carbons (Fsp3) is 0. The molecule has 0 atom stereocenters. The normalized spacial score (nSPS) is 16.5. The molecule has 2 aromatic carbocycles. The van der Waals surface area contributed by atoms with Crippen molar-refractivity contribution in [2.45, 2.75) is 0 Å². The molecule has 1 aliphatic heterocycles. The van der Waals surface area contributed by atoms with Crippen molar-refractivity contribution in [1.82, 2.24) is 0 Å². The van der Waals surface area contributed by atoms with E-state index < -0.39 is 10.2 Å². The molecule has 3 rings (SSSR count). The summed E-state index contributed by atoms with van der Waals surface area (Å²) in [7, 11) is -4.01. The van der Waals surface area contributed by atoms with E-state index in [9.17, 15) is 8.42 Å². The van der Waals surface area contributed by atoms with Crippen LogP contribution in [-0.2, 0) is 14.9 Å². The van der Waals surface area contributed by atoms with Crippen molar-refractivity contribution in [3.63, 3.8) is 0 Å². The van der Waals surface area contributed by atoms with E-state index >= 15 is 0 Å². The summed E-state index contributed by atoms with van der Waals surface area (Å²) in [6, 6.07) is 12.9. The van der Waals surface area contributed by atoms with Crippen molar-refractivity contribution < 1.29 is 13.2 Å². The van der Waals surface area contributed by atoms with Gasteiger partial charge in [-0.1, -0.05) is 23.2 Å². The van der Waals surface area contributed by atoms with Crippen molar-refractivity contribution in [1.29, 1.82) is 0 Å². The van der Waals surface area contributed by atoms with Crippen LogP contribution in [0, 0.1) is 0 Å². The lowest BCUT2D eigenvalue weighted by Crippen LogP contribution is -2.21. The molecule has 8 heteroatoms. The van der Waals surface area contributed by atoms with Gasteiger partial charge < -0.3 is 4.74 Å². The number of nitrogens with zero attached hydrogens (tertiary/aromatic N) is 2. The van der Waals surface area contributed by atoms with Crippen LogP contribution in [-0.4, -0.2) is 20.2 Å². The molecule has 0 N–H and O–H groups in total. The van der Waals surface area contributed by atoms with Crippen LogP contribution in [0.4, 0.5) is 0 Å². The van der Waals surface area contributed by atoms with Gasteiger partial charge in [0.25, 0.3) is 0 Å². The summed E-state index contributed by atoms with van der Waals surface area (Å²) in [6.45, 7) is 0. The van der Waals surface area contributed by atoms with E-state index in [0.717, 1.165) is 0 Å². The Balaban J connectivity index is 2.00. The number of hydrogen-bond donors (Lipinski definition) is 0. The van der Waals surface area contributed by atoms with Gasteiger partial charge in [0.1, 0.15) is 0 Å². The maximum atomic E-state index is 11.8. The van der Waals surface area contributed by atoms with Gasteiger partial charge in [-0.2, -0.15) is 8.42 Å². The third-order valence-electron chi connectivity index (χ3n) is 2.77. The third-order valence-corrected chi connectivity index (χ3v) is 4.07. The minimum atomic E-state index is -4.01. The SMILES string of the molecule is O=S1(=O)N=C(c2ccc(Cl)cc2)OC(c2ccc(Cl)cc2)=N1. The lowest BCUT2D eigenvalue weighted by molar-refractivity contribution is 0.536. The maximum absolute atomic E-state index is 11.8. The Hall–Kier alpha value is -1.89. The molecule has 0 aliphatic carbocycles. The average Bonchev–Trinajstić information content (AvgIpc) is 2.47. The van der Waals surface area contributed by atoms with Crippen LogP contribution in [0.25, 0.3) is 0 Å². The van der Waals surface area contributed by atoms with Crippen molar-refractivity contribution in [3.05, 3.63) is 69.7 Å². The molecule has 0 saturated carbocycles. The Morgan fingerprint density at radius 1 is 0.727 bits per heavy atom. The number of ether oxygens (including phenoxy) is 1. The first-order valence-electron chi connectivity index (χ1n) is 6.07. The lowest BCUT2D eigenvalue weighted by atomic mass is 10.2. The molecule has 112 valence electrons. The largest absolute Gasteiger partial charge is 0.418 e. The van der Waals surface area contributed by atoms with Gasteiger partial charge in [-0.15, -0.1) is 8.80 Å². The minimum absolute atomic E-state index is 0.0587. The zero-order valence-corrected chi connectivity index (χ0v) is 13.2. The summed E-state index contributed by atoms with van der Waals surface area (Å²) in [4.78, 5) is 0. The second kappa shape index (κ2) is 5.72. The first-order chi connectivity index (χ1) is 10.4. The molecule has 2 aromatic rings. The molecule has 1 heterocycles. The molecule has 0 aromatic heterocycles. The number of rotatable bonds is 2. The zero-order chi connectivity index (χ0) is 15.7. The van der Waals surface area contributed by atoms with E-state index in [1.54, 1.807) is 48.5 Å². The Labute approximate surface area is 137 Å². The van der Waals surface area contributed by atoms with Crippen molar-refractivity contribution in [3.8, 4) is 0 Å². The second-order valence-corrected chi connectivity index (χ2v) is 6.49.